The van der Waals surface area contributed by atoms with E-state index in [-0.39, 0.29) is 11.4 Å². The van der Waals surface area contributed by atoms with Crippen molar-refractivity contribution in [3.8, 4) is 5.75 Å². The largest absolute Gasteiger partial charge is 0.492 e. The SMILES string of the molecule is CC(C)(C)NCCCCCCOc1ccc(F)cc1Cl. The molecule has 0 atom stereocenters. The summed E-state index contributed by atoms with van der Waals surface area (Å²) in [6.07, 6.45) is 4.48. The van der Waals surface area contributed by atoms with E-state index in [0.717, 1.165) is 19.4 Å². The van der Waals surface area contributed by atoms with Crippen LogP contribution >= 0.6 is 11.6 Å². The third-order valence-corrected chi connectivity index (χ3v) is 3.17. The molecule has 1 aromatic carbocycles. The van der Waals surface area contributed by atoms with Gasteiger partial charge < -0.3 is 10.1 Å². The molecule has 0 spiro atoms. The molecule has 0 aliphatic carbocycles. The van der Waals surface area contributed by atoms with Gasteiger partial charge in [-0.25, -0.2) is 4.39 Å². The second-order valence-electron chi connectivity index (χ2n) is 6.01. The topological polar surface area (TPSA) is 21.3 Å². The lowest BCUT2D eigenvalue weighted by molar-refractivity contribution is 0.303. The number of ether oxygens (including phenoxy) is 1. The molecule has 20 heavy (non-hydrogen) atoms. The van der Waals surface area contributed by atoms with E-state index in [1.165, 1.54) is 25.0 Å². The van der Waals surface area contributed by atoms with Gasteiger partial charge in [0.1, 0.15) is 11.6 Å². The minimum absolute atomic E-state index is 0.197. The number of hydrogen-bond donors (Lipinski definition) is 1. The molecule has 0 heterocycles. The average Bonchev–Trinajstić information content (AvgIpc) is 2.33. The van der Waals surface area contributed by atoms with Crippen LogP contribution in [0.1, 0.15) is 46.5 Å². The fourth-order valence-electron chi connectivity index (χ4n) is 1.82. The van der Waals surface area contributed by atoms with Crippen molar-refractivity contribution in [3.05, 3.63) is 29.0 Å². The van der Waals surface area contributed by atoms with Crippen LogP contribution in [0.3, 0.4) is 0 Å². The first-order valence-electron chi connectivity index (χ1n) is 7.21. The average molecular weight is 302 g/mol. The predicted molar refractivity (Wildman–Crippen MR) is 83.1 cm³/mol. The Balaban J connectivity index is 2.05. The van der Waals surface area contributed by atoms with Crippen LogP contribution in [-0.4, -0.2) is 18.7 Å². The molecule has 4 heteroatoms. The van der Waals surface area contributed by atoms with Crippen molar-refractivity contribution < 1.29 is 9.13 Å². The highest BCUT2D eigenvalue weighted by molar-refractivity contribution is 6.32. The first kappa shape index (κ1) is 17.3. The third kappa shape index (κ3) is 7.71. The minimum Gasteiger partial charge on any atom is -0.492 e. The smallest absolute Gasteiger partial charge is 0.138 e. The van der Waals surface area contributed by atoms with E-state index in [9.17, 15) is 4.39 Å². The summed E-state index contributed by atoms with van der Waals surface area (Å²) in [6, 6.07) is 4.21. The van der Waals surface area contributed by atoms with Crippen molar-refractivity contribution in [1.82, 2.24) is 5.32 Å². The van der Waals surface area contributed by atoms with E-state index < -0.39 is 0 Å². The van der Waals surface area contributed by atoms with Crippen molar-refractivity contribution in [3.63, 3.8) is 0 Å². The highest BCUT2D eigenvalue weighted by atomic mass is 35.5. The zero-order valence-corrected chi connectivity index (χ0v) is 13.4. The van der Waals surface area contributed by atoms with Crippen LogP contribution in [0.5, 0.6) is 5.75 Å². The van der Waals surface area contributed by atoms with Crippen LogP contribution in [0.15, 0.2) is 18.2 Å². The van der Waals surface area contributed by atoms with Gasteiger partial charge in [0.15, 0.2) is 0 Å². The second kappa shape index (κ2) is 8.48. The number of nitrogens with one attached hydrogen (secondary N) is 1. The van der Waals surface area contributed by atoms with Gasteiger partial charge in [0.05, 0.1) is 11.6 Å². The standard InChI is InChI=1S/C16H25ClFNO/c1-16(2,3)19-10-6-4-5-7-11-20-15-9-8-13(18)12-14(15)17/h8-9,12,19H,4-7,10-11H2,1-3H3. The highest BCUT2D eigenvalue weighted by Crippen LogP contribution is 2.25. The molecule has 0 amide bonds. The highest BCUT2D eigenvalue weighted by Gasteiger charge is 2.07. The Morgan fingerprint density at radius 2 is 1.85 bits per heavy atom. The minimum atomic E-state index is -0.339. The van der Waals surface area contributed by atoms with Crippen LogP contribution in [0, 0.1) is 5.82 Å². The van der Waals surface area contributed by atoms with E-state index in [4.69, 9.17) is 16.3 Å². The van der Waals surface area contributed by atoms with Crippen LogP contribution in [0.4, 0.5) is 4.39 Å². The lowest BCUT2D eigenvalue weighted by Crippen LogP contribution is -2.36. The van der Waals surface area contributed by atoms with Gasteiger partial charge in [-0.3, -0.25) is 0 Å². The van der Waals surface area contributed by atoms with Crippen LogP contribution in [-0.2, 0) is 0 Å². The molecule has 0 aromatic heterocycles. The number of rotatable bonds is 8. The third-order valence-electron chi connectivity index (χ3n) is 2.88. The Kier molecular flexibility index (Phi) is 7.31. The molecule has 1 N–H and O–H groups in total. The van der Waals surface area contributed by atoms with Gasteiger partial charge in [0.2, 0.25) is 0 Å². The van der Waals surface area contributed by atoms with E-state index in [2.05, 4.69) is 26.1 Å². The molecule has 2 nitrogen and oxygen atoms in total. The molecular weight excluding hydrogens is 277 g/mol. The van der Waals surface area contributed by atoms with E-state index in [1.54, 1.807) is 6.07 Å². The maximum absolute atomic E-state index is 12.8. The van der Waals surface area contributed by atoms with Gasteiger partial charge >= 0.3 is 0 Å². The maximum Gasteiger partial charge on any atom is 0.138 e. The Labute approximate surface area is 126 Å². The van der Waals surface area contributed by atoms with Gasteiger partial charge in [0, 0.05) is 5.54 Å². The summed E-state index contributed by atoms with van der Waals surface area (Å²) in [4.78, 5) is 0. The monoisotopic (exact) mass is 301 g/mol. The van der Waals surface area contributed by atoms with Crippen molar-refractivity contribution in [2.75, 3.05) is 13.2 Å². The van der Waals surface area contributed by atoms with Crippen molar-refractivity contribution in [2.24, 2.45) is 0 Å². The molecule has 114 valence electrons. The number of halogens is 2. The van der Waals surface area contributed by atoms with Crippen molar-refractivity contribution in [1.29, 1.82) is 0 Å². The lowest BCUT2D eigenvalue weighted by Gasteiger charge is -2.20. The van der Waals surface area contributed by atoms with E-state index >= 15 is 0 Å². The van der Waals surface area contributed by atoms with E-state index in [0.29, 0.717) is 17.4 Å². The normalized spacial score (nSPS) is 11.7. The number of unbranched alkanes of at least 4 members (excludes halogenated alkanes) is 3. The first-order chi connectivity index (χ1) is 9.38. The molecule has 1 rings (SSSR count). The summed E-state index contributed by atoms with van der Waals surface area (Å²) >= 11 is 5.88. The van der Waals surface area contributed by atoms with Crippen molar-refractivity contribution >= 4 is 11.6 Å². The molecular formula is C16H25ClFNO. The number of hydrogen-bond acceptors (Lipinski definition) is 2. The Morgan fingerprint density at radius 3 is 2.50 bits per heavy atom. The van der Waals surface area contributed by atoms with Crippen LogP contribution < -0.4 is 10.1 Å². The molecule has 0 saturated heterocycles. The zero-order chi connectivity index (χ0) is 15.0. The lowest BCUT2D eigenvalue weighted by atomic mass is 10.1. The molecule has 0 radical (unpaired) electrons. The van der Waals surface area contributed by atoms with Gasteiger partial charge in [-0.1, -0.05) is 24.4 Å². The fraction of sp³-hybridized carbons (Fsp3) is 0.625. The van der Waals surface area contributed by atoms with Crippen LogP contribution in [0.25, 0.3) is 0 Å². The Hall–Kier alpha value is -0.800. The van der Waals surface area contributed by atoms with Crippen LogP contribution in [0.2, 0.25) is 5.02 Å². The Bertz CT molecular complexity index is 404. The van der Waals surface area contributed by atoms with Gasteiger partial charge in [-0.2, -0.15) is 0 Å². The fourth-order valence-corrected chi connectivity index (χ4v) is 2.04. The quantitative estimate of drug-likeness (QED) is 0.696. The Morgan fingerprint density at radius 1 is 1.15 bits per heavy atom. The molecule has 0 unspecified atom stereocenters. The summed E-state index contributed by atoms with van der Waals surface area (Å²) in [5.41, 5.74) is 0.197. The molecule has 1 aromatic rings. The summed E-state index contributed by atoms with van der Waals surface area (Å²) in [5.74, 6) is 0.219. The second-order valence-corrected chi connectivity index (χ2v) is 6.42. The van der Waals surface area contributed by atoms with Gasteiger partial charge in [-0.05, 0) is 58.4 Å². The summed E-state index contributed by atoms with van der Waals surface area (Å²) < 4.78 is 18.4. The molecule has 0 aliphatic rings. The summed E-state index contributed by atoms with van der Waals surface area (Å²) in [7, 11) is 0. The van der Waals surface area contributed by atoms with Gasteiger partial charge in [-0.15, -0.1) is 0 Å². The zero-order valence-electron chi connectivity index (χ0n) is 12.6. The molecule has 0 saturated carbocycles. The molecule has 0 aliphatic heterocycles. The predicted octanol–water partition coefficient (Wildman–Crippen LogP) is 4.81. The summed E-state index contributed by atoms with van der Waals surface area (Å²) in [6.45, 7) is 8.19. The number of benzene rings is 1. The maximum atomic E-state index is 12.8. The van der Waals surface area contributed by atoms with Gasteiger partial charge in [0.25, 0.3) is 0 Å². The van der Waals surface area contributed by atoms with Crippen molar-refractivity contribution in [2.45, 2.75) is 52.0 Å². The molecule has 0 bridgehead atoms. The molecule has 0 fully saturated rings. The van der Waals surface area contributed by atoms with E-state index in [1.807, 2.05) is 0 Å². The first-order valence-corrected chi connectivity index (χ1v) is 7.59. The summed E-state index contributed by atoms with van der Waals surface area (Å²) in [5, 5.41) is 3.80.